The molecule has 1 fully saturated rings. The number of amides is 1. The number of rotatable bonds is 3. The van der Waals surface area contributed by atoms with Gasteiger partial charge in [0, 0.05) is 23.2 Å². The van der Waals surface area contributed by atoms with Gasteiger partial charge in [-0.1, -0.05) is 6.92 Å². The molecule has 0 radical (unpaired) electrons. The Morgan fingerprint density at radius 1 is 1.29 bits per heavy atom. The molecule has 1 aliphatic heterocycles. The Bertz CT molecular complexity index is 804. The Kier molecular flexibility index (Phi) is 4.71. The van der Waals surface area contributed by atoms with Crippen molar-refractivity contribution in [1.82, 2.24) is 4.90 Å². The van der Waals surface area contributed by atoms with Gasteiger partial charge in [-0.05, 0) is 63.4 Å². The number of piperidine rings is 1. The summed E-state index contributed by atoms with van der Waals surface area (Å²) in [5, 5.41) is 3.82. The topological polar surface area (TPSA) is 62.6 Å². The summed E-state index contributed by atoms with van der Waals surface area (Å²) in [5.41, 5.74) is 1.64. The fourth-order valence-electron chi connectivity index (χ4n) is 3.23. The number of hydrogen-bond donors (Lipinski definition) is 1. The number of carbonyl (C=O) groups is 1. The number of carbonyl (C=O) groups excluding carboxylic acids is 1. The highest BCUT2D eigenvalue weighted by atomic mass is 16.4. The molecule has 5 heteroatoms. The molecule has 1 atom stereocenters. The minimum Gasteiger partial charge on any atom is -0.423 e. The molecule has 1 aliphatic rings. The highest BCUT2D eigenvalue weighted by Gasteiger charge is 2.25. The molecule has 0 aliphatic carbocycles. The van der Waals surface area contributed by atoms with Gasteiger partial charge >= 0.3 is 5.63 Å². The lowest BCUT2D eigenvalue weighted by atomic mass is 9.98. The SMILES string of the molecule is Cc1cc(=O)oc2cc(NC(=O)C(C)N3CCC(C)CC3)ccc12. The van der Waals surface area contributed by atoms with Gasteiger partial charge in [-0.3, -0.25) is 9.69 Å². The van der Waals surface area contributed by atoms with Gasteiger partial charge in [0.1, 0.15) is 5.58 Å². The van der Waals surface area contributed by atoms with E-state index in [4.69, 9.17) is 4.42 Å². The summed E-state index contributed by atoms with van der Waals surface area (Å²) in [6.07, 6.45) is 2.27. The molecule has 5 nitrogen and oxygen atoms in total. The van der Waals surface area contributed by atoms with E-state index in [1.807, 2.05) is 26.0 Å². The van der Waals surface area contributed by atoms with Gasteiger partial charge in [0.05, 0.1) is 6.04 Å². The molecule has 1 N–H and O–H groups in total. The van der Waals surface area contributed by atoms with Crippen LogP contribution in [0.3, 0.4) is 0 Å². The molecule has 0 bridgehead atoms. The summed E-state index contributed by atoms with van der Waals surface area (Å²) in [5.74, 6) is 0.710. The van der Waals surface area contributed by atoms with Crippen LogP contribution in [0.4, 0.5) is 5.69 Å². The summed E-state index contributed by atoms with van der Waals surface area (Å²) < 4.78 is 5.24. The van der Waals surface area contributed by atoms with E-state index < -0.39 is 0 Å². The average molecular weight is 328 g/mol. The van der Waals surface area contributed by atoms with Crippen LogP contribution in [0.2, 0.25) is 0 Å². The maximum Gasteiger partial charge on any atom is 0.336 e. The molecule has 24 heavy (non-hydrogen) atoms. The number of nitrogens with one attached hydrogen (secondary N) is 1. The van der Waals surface area contributed by atoms with Gasteiger partial charge in [-0.25, -0.2) is 4.79 Å². The first-order chi connectivity index (χ1) is 11.4. The number of benzene rings is 1. The van der Waals surface area contributed by atoms with Crippen molar-refractivity contribution in [2.45, 2.75) is 39.7 Å². The maximum absolute atomic E-state index is 12.5. The molecule has 0 spiro atoms. The monoisotopic (exact) mass is 328 g/mol. The molecule has 2 heterocycles. The van der Waals surface area contributed by atoms with Crippen LogP contribution in [-0.4, -0.2) is 29.9 Å². The van der Waals surface area contributed by atoms with Crippen LogP contribution in [0.1, 0.15) is 32.3 Å². The fourth-order valence-corrected chi connectivity index (χ4v) is 3.23. The van der Waals surface area contributed by atoms with E-state index in [2.05, 4.69) is 17.1 Å². The first kappa shape index (κ1) is 16.7. The van der Waals surface area contributed by atoms with Crippen LogP contribution in [0, 0.1) is 12.8 Å². The summed E-state index contributed by atoms with van der Waals surface area (Å²) in [4.78, 5) is 26.3. The summed E-state index contributed by atoms with van der Waals surface area (Å²) in [6, 6.07) is 6.74. The Morgan fingerprint density at radius 3 is 2.71 bits per heavy atom. The van der Waals surface area contributed by atoms with E-state index >= 15 is 0 Å². The molecule has 2 aromatic rings. The van der Waals surface area contributed by atoms with Gasteiger partial charge < -0.3 is 9.73 Å². The zero-order chi connectivity index (χ0) is 17.3. The maximum atomic E-state index is 12.5. The van der Waals surface area contributed by atoms with Crippen LogP contribution in [0.25, 0.3) is 11.0 Å². The Hall–Kier alpha value is -2.14. The van der Waals surface area contributed by atoms with Crippen LogP contribution in [0.15, 0.2) is 33.5 Å². The van der Waals surface area contributed by atoms with Crippen molar-refractivity contribution in [3.05, 3.63) is 40.2 Å². The van der Waals surface area contributed by atoms with E-state index in [0.29, 0.717) is 11.3 Å². The predicted octanol–water partition coefficient (Wildman–Crippen LogP) is 3.16. The second-order valence-electron chi connectivity index (χ2n) is 6.84. The van der Waals surface area contributed by atoms with Crippen molar-refractivity contribution in [3.63, 3.8) is 0 Å². The van der Waals surface area contributed by atoms with Crippen molar-refractivity contribution < 1.29 is 9.21 Å². The van der Waals surface area contributed by atoms with Gasteiger partial charge in [-0.15, -0.1) is 0 Å². The lowest BCUT2D eigenvalue weighted by Gasteiger charge is -2.34. The van der Waals surface area contributed by atoms with Crippen molar-refractivity contribution in [2.24, 2.45) is 5.92 Å². The lowest BCUT2D eigenvalue weighted by Crippen LogP contribution is -2.45. The number of nitrogens with zero attached hydrogens (tertiary/aromatic N) is 1. The van der Waals surface area contributed by atoms with Crippen LogP contribution in [-0.2, 0) is 4.79 Å². The van der Waals surface area contributed by atoms with Gasteiger partial charge in [0.15, 0.2) is 0 Å². The van der Waals surface area contributed by atoms with Crippen molar-refractivity contribution >= 4 is 22.6 Å². The van der Waals surface area contributed by atoms with Crippen molar-refractivity contribution in [2.75, 3.05) is 18.4 Å². The van der Waals surface area contributed by atoms with E-state index in [-0.39, 0.29) is 17.6 Å². The highest BCUT2D eigenvalue weighted by molar-refractivity contribution is 5.96. The van der Waals surface area contributed by atoms with Crippen LogP contribution in [0.5, 0.6) is 0 Å². The molecular formula is C19H24N2O3. The Morgan fingerprint density at radius 2 is 2.00 bits per heavy atom. The zero-order valence-corrected chi connectivity index (χ0v) is 14.5. The van der Waals surface area contributed by atoms with Crippen LogP contribution >= 0.6 is 0 Å². The largest absolute Gasteiger partial charge is 0.423 e. The third kappa shape index (κ3) is 3.51. The first-order valence-electron chi connectivity index (χ1n) is 8.53. The standard InChI is InChI=1S/C19H24N2O3/c1-12-6-8-21(9-7-12)14(3)19(23)20-15-4-5-16-13(2)10-18(22)24-17(16)11-15/h4-5,10-12,14H,6-9H2,1-3H3,(H,20,23). The predicted molar refractivity (Wildman–Crippen MR) is 95.3 cm³/mol. The average Bonchev–Trinajstić information content (AvgIpc) is 2.54. The minimum atomic E-state index is -0.376. The Labute approximate surface area is 141 Å². The molecule has 1 aromatic carbocycles. The summed E-state index contributed by atoms with van der Waals surface area (Å²) >= 11 is 0. The van der Waals surface area contributed by atoms with Crippen molar-refractivity contribution in [1.29, 1.82) is 0 Å². The molecule has 1 aromatic heterocycles. The highest BCUT2D eigenvalue weighted by Crippen LogP contribution is 2.22. The van der Waals surface area contributed by atoms with E-state index in [9.17, 15) is 9.59 Å². The molecule has 0 saturated carbocycles. The molecule has 1 saturated heterocycles. The third-order valence-corrected chi connectivity index (χ3v) is 4.96. The normalized spacial score (nSPS) is 17.8. The lowest BCUT2D eigenvalue weighted by molar-refractivity contribution is -0.121. The smallest absolute Gasteiger partial charge is 0.336 e. The first-order valence-corrected chi connectivity index (χ1v) is 8.53. The van der Waals surface area contributed by atoms with Crippen LogP contribution < -0.4 is 10.9 Å². The number of aryl methyl sites for hydroxylation is 1. The van der Waals surface area contributed by atoms with Gasteiger partial charge in [-0.2, -0.15) is 0 Å². The zero-order valence-electron chi connectivity index (χ0n) is 14.5. The molecule has 1 unspecified atom stereocenters. The second-order valence-corrected chi connectivity index (χ2v) is 6.84. The van der Waals surface area contributed by atoms with E-state index in [1.165, 1.54) is 6.07 Å². The molecule has 128 valence electrons. The molecular weight excluding hydrogens is 304 g/mol. The fraction of sp³-hybridized carbons (Fsp3) is 0.474. The number of hydrogen-bond acceptors (Lipinski definition) is 4. The second kappa shape index (κ2) is 6.77. The van der Waals surface area contributed by atoms with E-state index in [1.54, 1.807) is 6.07 Å². The van der Waals surface area contributed by atoms with E-state index in [0.717, 1.165) is 42.8 Å². The number of anilines is 1. The quantitative estimate of drug-likeness (QED) is 0.879. The minimum absolute atomic E-state index is 0.0288. The number of likely N-dealkylation sites (tertiary alicyclic amines) is 1. The Balaban J connectivity index is 1.74. The summed E-state index contributed by atoms with van der Waals surface area (Å²) in [6.45, 7) is 7.99. The third-order valence-electron chi connectivity index (χ3n) is 4.96. The number of fused-ring (bicyclic) bond motifs is 1. The molecule has 1 amide bonds. The van der Waals surface area contributed by atoms with Gasteiger partial charge in [0.2, 0.25) is 5.91 Å². The summed E-state index contributed by atoms with van der Waals surface area (Å²) in [7, 11) is 0. The van der Waals surface area contributed by atoms with Crippen molar-refractivity contribution in [3.8, 4) is 0 Å². The molecule has 3 rings (SSSR count). The van der Waals surface area contributed by atoms with Gasteiger partial charge in [0.25, 0.3) is 0 Å².